The second-order valence-corrected chi connectivity index (χ2v) is 4.57. The summed E-state index contributed by atoms with van der Waals surface area (Å²) in [7, 11) is 1.99. The van der Waals surface area contributed by atoms with Gasteiger partial charge in [-0.05, 0) is 5.56 Å². The second-order valence-electron chi connectivity index (χ2n) is 4.57. The Morgan fingerprint density at radius 3 is 2.75 bits per heavy atom. The van der Waals surface area contributed by atoms with E-state index in [1.807, 2.05) is 37.4 Å². The van der Waals surface area contributed by atoms with E-state index in [2.05, 4.69) is 20.5 Å². The topological polar surface area (TPSA) is 56.7 Å². The van der Waals surface area contributed by atoms with Gasteiger partial charge < -0.3 is 15.5 Å². The molecule has 1 aliphatic heterocycles. The smallest absolute Gasteiger partial charge is 0.222 e. The van der Waals surface area contributed by atoms with Crippen LogP contribution in [0.2, 0.25) is 0 Å². The third kappa shape index (κ3) is 5.36. The fourth-order valence-corrected chi connectivity index (χ4v) is 1.90. The van der Waals surface area contributed by atoms with Crippen molar-refractivity contribution in [3.8, 4) is 0 Å². The lowest BCUT2D eigenvalue weighted by molar-refractivity contribution is -0.121. The van der Waals surface area contributed by atoms with E-state index in [-0.39, 0.29) is 29.9 Å². The van der Waals surface area contributed by atoms with Crippen LogP contribution in [-0.4, -0.2) is 43.4 Å². The summed E-state index contributed by atoms with van der Waals surface area (Å²) >= 11 is 0. The number of guanidine groups is 1. The molecule has 0 atom stereocenters. The Morgan fingerprint density at radius 1 is 1.35 bits per heavy atom. The molecular formula is C14H21IN4O. The Balaban J connectivity index is 0.00000200. The maximum Gasteiger partial charge on any atom is 0.222 e. The van der Waals surface area contributed by atoms with Gasteiger partial charge in [0.25, 0.3) is 0 Å². The van der Waals surface area contributed by atoms with Crippen molar-refractivity contribution in [2.75, 3.05) is 26.7 Å². The molecule has 2 N–H and O–H groups in total. The highest BCUT2D eigenvalue weighted by Crippen LogP contribution is 1.98. The molecule has 0 bridgehead atoms. The van der Waals surface area contributed by atoms with Crippen molar-refractivity contribution in [2.45, 2.75) is 13.0 Å². The van der Waals surface area contributed by atoms with Crippen molar-refractivity contribution in [3.05, 3.63) is 35.9 Å². The van der Waals surface area contributed by atoms with E-state index < -0.39 is 0 Å². The van der Waals surface area contributed by atoms with Crippen LogP contribution in [0.1, 0.15) is 12.0 Å². The molecule has 110 valence electrons. The van der Waals surface area contributed by atoms with E-state index in [4.69, 9.17) is 0 Å². The van der Waals surface area contributed by atoms with E-state index in [0.29, 0.717) is 19.5 Å². The molecule has 1 heterocycles. The van der Waals surface area contributed by atoms with Crippen LogP contribution < -0.4 is 10.6 Å². The summed E-state index contributed by atoms with van der Waals surface area (Å²) in [6, 6.07) is 9.91. The summed E-state index contributed by atoms with van der Waals surface area (Å²) in [5, 5.41) is 6.08. The molecule has 1 aromatic carbocycles. The van der Waals surface area contributed by atoms with Gasteiger partial charge in [-0.3, -0.25) is 9.79 Å². The van der Waals surface area contributed by atoms with E-state index in [0.717, 1.165) is 24.6 Å². The third-order valence-corrected chi connectivity index (χ3v) is 3.03. The van der Waals surface area contributed by atoms with Crippen LogP contribution >= 0.6 is 24.0 Å². The Labute approximate surface area is 136 Å². The number of likely N-dealkylation sites (N-methyl/N-ethyl adjacent to an activating group) is 1. The van der Waals surface area contributed by atoms with Crippen LogP contribution in [0.25, 0.3) is 0 Å². The van der Waals surface area contributed by atoms with Crippen molar-refractivity contribution in [1.82, 2.24) is 15.5 Å². The molecule has 0 spiro atoms. The summed E-state index contributed by atoms with van der Waals surface area (Å²) < 4.78 is 0. The third-order valence-electron chi connectivity index (χ3n) is 3.03. The van der Waals surface area contributed by atoms with Gasteiger partial charge in [-0.15, -0.1) is 24.0 Å². The molecule has 1 aromatic rings. The minimum atomic E-state index is 0. The van der Waals surface area contributed by atoms with E-state index in [1.54, 1.807) is 0 Å². The SMILES string of the molecule is CN1CCN=C1NCCC(=O)NCc1ccccc1.I. The van der Waals surface area contributed by atoms with Gasteiger partial charge in [0, 0.05) is 33.1 Å². The lowest BCUT2D eigenvalue weighted by Crippen LogP contribution is -2.37. The van der Waals surface area contributed by atoms with E-state index >= 15 is 0 Å². The van der Waals surface area contributed by atoms with E-state index in [9.17, 15) is 4.79 Å². The molecule has 2 rings (SSSR count). The lowest BCUT2D eigenvalue weighted by atomic mass is 10.2. The molecule has 0 radical (unpaired) electrons. The number of amides is 1. The maximum atomic E-state index is 11.7. The molecule has 0 saturated carbocycles. The fourth-order valence-electron chi connectivity index (χ4n) is 1.90. The molecule has 6 heteroatoms. The number of halogens is 1. The number of nitrogens with zero attached hydrogens (tertiary/aromatic N) is 2. The summed E-state index contributed by atoms with van der Waals surface area (Å²) in [5.74, 6) is 0.938. The Kier molecular flexibility index (Phi) is 7.35. The van der Waals surface area contributed by atoms with Crippen molar-refractivity contribution in [2.24, 2.45) is 4.99 Å². The number of carbonyl (C=O) groups excluding carboxylic acids is 1. The zero-order valence-corrected chi connectivity index (χ0v) is 14.0. The number of hydrogen-bond acceptors (Lipinski definition) is 4. The second kappa shape index (κ2) is 8.78. The van der Waals surface area contributed by atoms with Crippen LogP contribution in [0.4, 0.5) is 0 Å². The predicted molar refractivity (Wildman–Crippen MR) is 91.3 cm³/mol. The van der Waals surface area contributed by atoms with Gasteiger partial charge >= 0.3 is 0 Å². The highest BCUT2D eigenvalue weighted by molar-refractivity contribution is 14.0. The number of carbonyl (C=O) groups is 1. The molecule has 0 fully saturated rings. The number of rotatable bonds is 5. The van der Waals surface area contributed by atoms with Crippen LogP contribution in [-0.2, 0) is 11.3 Å². The largest absolute Gasteiger partial charge is 0.356 e. The predicted octanol–water partition coefficient (Wildman–Crippen LogP) is 1.20. The molecule has 0 saturated heterocycles. The van der Waals surface area contributed by atoms with Crippen molar-refractivity contribution in [3.63, 3.8) is 0 Å². The van der Waals surface area contributed by atoms with Crippen molar-refractivity contribution in [1.29, 1.82) is 0 Å². The van der Waals surface area contributed by atoms with Crippen LogP contribution in [0.5, 0.6) is 0 Å². The first-order valence-electron chi connectivity index (χ1n) is 6.56. The summed E-state index contributed by atoms with van der Waals surface area (Å²) in [5.41, 5.74) is 1.11. The molecule has 1 aliphatic rings. The monoisotopic (exact) mass is 388 g/mol. The number of hydrogen-bond donors (Lipinski definition) is 2. The van der Waals surface area contributed by atoms with Crippen molar-refractivity contribution >= 4 is 35.8 Å². The zero-order valence-electron chi connectivity index (χ0n) is 11.6. The normalized spacial score (nSPS) is 13.4. The highest BCUT2D eigenvalue weighted by atomic mass is 127. The highest BCUT2D eigenvalue weighted by Gasteiger charge is 2.11. The molecule has 0 aromatic heterocycles. The standard InChI is InChI=1S/C14H20N4O.HI/c1-18-10-9-16-14(18)15-8-7-13(19)17-11-12-5-3-2-4-6-12;/h2-6H,7-11H2,1H3,(H,15,16)(H,17,19);1H. The first-order valence-corrected chi connectivity index (χ1v) is 6.56. The van der Waals surface area contributed by atoms with Gasteiger partial charge in [-0.1, -0.05) is 30.3 Å². The maximum absolute atomic E-state index is 11.7. The molecule has 0 aliphatic carbocycles. The van der Waals surface area contributed by atoms with Crippen LogP contribution in [0, 0.1) is 0 Å². The lowest BCUT2D eigenvalue weighted by Gasteiger charge is -2.14. The van der Waals surface area contributed by atoms with Crippen molar-refractivity contribution < 1.29 is 4.79 Å². The quantitative estimate of drug-likeness (QED) is 0.746. The van der Waals surface area contributed by atoms with Crippen LogP contribution in [0.15, 0.2) is 35.3 Å². The zero-order chi connectivity index (χ0) is 13.5. The minimum absolute atomic E-state index is 0. The molecule has 1 amide bonds. The van der Waals surface area contributed by atoms with Gasteiger partial charge in [0.05, 0.1) is 6.54 Å². The van der Waals surface area contributed by atoms with E-state index in [1.165, 1.54) is 0 Å². The molecule has 5 nitrogen and oxygen atoms in total. The molecule has 0 unspecified atom stereocenters. The first kappa shape index (κ1) is 16.7. The van der Waals surface area contributed by atoms with Gasteiger partial charge in [0.2, 0.25) is 5.91 Å². The molecule has 20 heavy (non-hydrogen) atoms. The first-order chi connectivity index (χ1) is 9.25. The Hall–Kier alpha value is -1.31. The van der Waals surface area contributed by atoms with Gasteiger partial charge in [-0.2, -0.15) is 0 Å². The minimum Gasteiger partial charge on any atom is -0.356 e. The number of aliphatic imine (C=N–C) groups is 1. The molecular weight excluding hydrogens is 367 g/mol. The average molecular weight is 388 g/mol. The number of benzene rings is 1. The average Bonchev–Trinajstić information content (AvgIpc) is 2.83. The summed E-state index contributed by atoms with van der Waals surface area (Å²) in [6.45, 7) is 2.98. The Morgan fingerprint density at radius 2 is 2.10 bits per heavy atom. The number of nitrogens with one attached hydrogen (secondary N) is 2. The summed E-state index contributed by atoms with van der Waals surface area (Å²) in [4.78, 5) is 18.0. The Bertz CT molecular complexity index is 450. The summed E-state index contributed by atoms with van der Waals surface area (Å²) in [6.07, 6.45) is 0.458. The van der Waals surface area contributed by atoms with Gasteiger partial charge in [-0.25, -0.2) is 0 Å². The van der Waals surface area contributed by atoms with Gasteiger partial charge in [0.1, 0.15) is 0 Å². The fraction of sp³-hybridized carbons (Fsp3) is 0.429. The van der Waals surface area contributed by atoms with Gasteiger partial charge in [0.15, 0.2) is 5.96 Å². The van der Waals surface area contributed by atoms with Crippen LogP contribution in [0.3, 0.4) is 0 Å².